The van der Waals surface area contributed by atoms with Gasteiger partial charge in [-0.25, -0.2) is 0 Å². The van der Waals surface area contributed by atoms with Gasteiger partial charge in [-0.2, -0.15) is 0 Å². The first-order chi connectivity index (χ1) is 7.07. The highest BCUT2D eigenvalue weighted by molar-refractivity contribution is 5.85. The van der Waals surface area contributed by atoms with Crippen molar-refractivity contribution in [2.45, 2.75) is 18.9 Å². The third-order valence-electron chi connectivity index (χ3n) is 2.23. The normalized spacial score (nSPS) is 11.9. The van der Waals surface area contributed by atoms with E-state index in [1.54, 1.807) is 0 Å². The maximum absolute atomic E-state index is 9.50. The molecule has 16 heavy (non-hydrogen) atoms. The van der Waals surface area contributed by atoms with Crippen LogP contribution >= 0.6 is 12.4 Å². The van der Waals surface area contributed by atoms with Crippen LogP contribution in [0.2, 0.25) is 0 Å². The lowest BCUT2D eigenvalue weighted by Gasteiger charge is -2.14. The largest absolute Gasteiger partial charge is 0.504 e. The number of halogens is 1. The van der Waals surface area contributed by atoms with Gasteiger partial charge >= 0.3 is 0 Å². The summed E-state index contributed by atoms with van der Waals surface area (Å²) in [6.45, 7) is 0.0263. The van der Waals surface area contributed by atoms with E-state index < -0.39 is 17.5 Å². The Balaban J connectivity index is 0.00000225. The molecule has 1 rings (SSSR count). The average Bonchev–Trinajstić information content (AvgIpc) is 2.23. The van der Waals surface area contributed by atoms with E-state index in [2.05, 4.69) is 0 Å². The van der Waals surface area contributed by atoms with Crippen molar-refractivity contribution in [3.8, 4) is 17.2 Å². The Kier molecular flexibility index (Phi) is 5.95. The maximum atomic E-state index is 9.50. The summed E-state index contributed by atoms with van der Waals surface area (Å²) in [5.41, 5.74) is 6.10. The molecule has 1 aromatic rings. The van der Waals surface area contributed by atoms with Crippen LogP contribution in [0.25, 0.3) is 0 Å². The first-order valence-electron chi connectivity index (χ1n) is 4.68. The van der Waals surface area contributed by atoms with Crippen LogP contribution in [-0.4, -0.2) is 27.0 Å². The maximum Gasteiger partial charge on any atom is 0.200 e. The molecule has 0 spiro atoms. The summed E-state index contributed by atoms with van der Waals surface area (Å²) in [4.78, 5) is 0. The summed E-state index contributed by atoms with van der Waals surface area (Å²) in [7, 11) is 0. The van der Waals surface area contributed by atoms with Gasteiger partial charge in [0.15, 0.2) is 11.5 Å². The first kappa shape index (κ1) is 14.8. The summed E-state index contributed by atoms with van der Waals surface area (Å²) in [5.74, 6) is -1.35. The molecule has 0 saturated heterocycles. The van der Waals surface area contributed by atoms with E-state index in [0.717, 1.165) is 0 Å². The van der Waals surface area contributed by atoms with Crippen LogP contribution in [0.3, 0.4) is 0 Å². The molecule has 0 aliphatic heterocycles. The molecule has 1 aromatic carbocycles. The summed E-state index contributed by atoms with van der Waals surface area (Å²) >= 11 is 0. The van der Waals surface area contributed by atoms with Crippen LogP contribution in [0, 0.1) is 0 Å². The van der Waals surface area contributed by atoms with E-state index in [1.165, 1.54) is 12.1 Å². The lowest BCUT2D eigenvalue weighted by atomic mass is 10.0. The van der Waals surface area contributed by atoms with Gasteiger partial charge in [-0.15, -0.1) is 12.4 Å². The van der Waals surface area contributed by atoms with E-state index in [0.29, 0.717) is 18.4 Å². The Morgan fingerprint density at radius 2 is 1.75 bits per heavy atom. The molecule has 0 heterocycles. The highest BCUT2D eigenvalue weighted by Gasteiger charge is 2.16. The minimum atomic E-state index is -0.563. The summed E-state index contributed by atoms with van der Waals surface area (Å²) in [6.07, 6.45) is 1.01. The van der Waals surface area contributed by atoms with Crippen LogP contribution < -0.4 is 5.73 Å². The highest BCUT2D eigenvalue weighted by atomic mass is 35.5. The molecule has 5 nitrogen and oxygen atoms in total. The smallest absolute Gasteiger partial charge is 0.200 e. The average molecular weight is 250 g/mol. The summed E-state index contributed by atoms with van der Waals surface area (Å²) < 4.78 is 0. The second kappa shape index (κ2) is 6.42. The predicted octanol–water partition coefficient (Wildman–Crippen LogP) is 0.997. The number of phenols is 3. The molecular weight excluding hydrogens is 234 g/mol. The first-order valence-corrected chi connectivity index (χ1v) is 4.68. The number of aliphatic hydroxyl groups excluding tert-OH is 1. The number of nitrogens with two attached hydrogens (primary N) is 1. The Hall–Kier alpha value is -1.17. The monoisotopic (exact) mass is 249 g/mol. The van der Waals surface area contributed by atoms with Crippen molar-refractivity contribution in [3.05, 3.63) is 17.7 Å². The third-order valence-corrected chi connectivity index (χ3v) is 2.23. The molecule has 92 valence electrons. The van der Waals surface area contributed by atoms with Gasteiger partial charge in [0.2, 0.25) is 5.75 Å². The van der Waals surface area contributed by atoms with Crippen molar-refractivity contribution in [1.82, 2.24) is 0 Å². The minimum Gasteiger partial charge on any atom is -0.504 e. The summed E-state index contributed by atoms with van der Waals surface area (Å²) in [6, 6.07) is 2.25. The van der Waals surface area contributed by atoms with Crippen molar-refractivity contribution in [1.29, 1.82) is 0 Å². The van der Waals surface area contributed by atoms with Gasteiger partial charge in [0.25, 0.3) is 0 Å². The van der Waals surface area contributed by atoms with E-state index in [9.17, 15) is 10.2 Å². The van der Waals surface area contributed by atoms with Crippen LogP contribution in [0.5, 0.6) is 17.2 Å². The Morgan fingerprint density at radius 3 is 2.31 bits per heavy atom. The molecule has 0 radical (unpaired) electrons. The standard InChI is InChI=1S/C10H15NO4.ClH/c11-7(2-1-5-12)6-3-4-8(13)10(15)9(6)14;/h3-4,7,12-15H,1-2,5,11H2;1H/t7-;/m0./s1. The third kappa shape index (κ3) is 3.16. The lowest BCUT2D eigenvalue weighted by Crippen LogP contribution is -2.11. The van der Waals surface area contributed by atoms with Crippen molar-refractivity contribution >= 4 is 12.4 Å². The van der Waals surface area contributed by atoms with Crippen LogP contribution in [0.1, 0.15) is 24.4 Å². The molecule has 0 bridgehead atoms. The summed E-state index contributed by atoms with van der Waals surface area (Å²) in [5, 5.41) is 36.5. The van der Waals surface area contributed by atoms with Crippen LogP contribution in [0.4, 0.5) is 0 Å². The SMILES string of the molecule is Cl.N[C@@H](CCCO)c1ccc(O)c(O)c1O. The number of aromatic hydroxyl groups is 3. The molecule has 0 unspecified atom stereocenters. The topological polar surface area (TPSA) is 107 Å². The van der Waals surface area contributed by atoms with Crippen molar-refractivity contribution < 1.29 is 20.4 Å². The van der Waals surface area contributed by atoms with Gasteiger partial charge in [0.1, 0.15) is 0 Å². The predicted molar refractivity (Wildman–Crippen MR) is 61.9 cm³/mol. The van der Waals surface area contributed by atoms with Crippen LogP contribution in [0.15, 0.2) is 12.1 Å². The van der Waals surface area contributed by atoms with E-state index in [4.69, 9.17) is 15.9 Å². The van der Waals surface area contributed by atoms with Crippen molar-refractivity contribution in [3.63, 3.8) is 0 Å². The lowest BCUT2D eigenvalue weighted by molar-refractivity contribution is 0.279. The number of aliphatic hydroxyl groups is 1. The molecule has 0 fully saturated rings. The Labute approximate surface area is 99.6 Å². The molecule has 0 saturated carbocycles. The zero-order chi connectivity index (χ0) is 11.4. The Morgan fingerprint density at radius 1 is 1.12 bits per heavy atom. The van der Waals surface area contributed by atoms with E-state index in [1.807, 2.05) is 0 Å². The van der Waals surface area contributed by atoms with Gasteiger partial charge in [-0.3, -0.25) is 0 Å². The molecule has 0 aromatic heterocycles. The van der Waals surface area contributed by atoms with Gasteiger partial charge < -0.3 is 26.2 Å². The molecule has 0 amide bonds. The van der Waals surface area contributed by atoms with E-state index in [-0.39, 0.29) is 24.8 Å². The second-order valence-corrected chi connectivity index (χ2v) is 3.34. The van der Waals surface area contributed by atoms with Gasteiger partial charge in [0, 0.05) is 18.2 Å². The zero-order valence-corrected chi connectivity index (χ0v) is 9.44. The quantitative estimate of drug-likeness (QED) is 0.512. The molecule has 6 N–H and O–H groups in total. The molecule has 0 aliphatic rings. The van der Waals surface area contributed by atoms with Crippen molar-refractivity contribution in [2.24, 2.45) is 5.73 Å². The highest BCUT2D eigenvalue weighted by Crippen LogP contribution is 2.39. The van der Waals surface area contributed by atoms with Gasteiger partial charge in [0.05, 0.1) is 0 Å². The fourth-order valence-corrected chi connectivity index (χ4v) is 1.35. The van der Waals surface area contributed by atoms with Gasteiger partial charge in [-0.05, 0) is 25.0 Å². The fraction of sp³-hybridized carbons (Fsp3) is 0.400. The Bertz CT molecular complexity index is 346. The number of phenolic OH excluding ortho intramolecular Hbond substituents is 3. The second-order valence-electron chi connectivity index (χ2n) is 3.34. The number of hydrogen-bond donors (Lipinski definition) is 5. The molecule has 1 atom stereocenters. The molecule has 6 heteroatoms. The van der Waals surface area contributed by atoms with E-state index >= 15 is 0 Å². The number of hydrogen-bond acceptors (Lipinski definition) is 5. The van der Waals surface area contributed by atoms with Gasteiger partial charge in [-0.1, -0.05) is 0 Å². The number of benzene rings is 1. The van der Waals surface area contributed by atoms with Crippen LogP contribution in [-0.2, 0) is 0 Å². The fourth-order valence-electron chi connectivity index (χ4n) is 1.35. The zero-order valence-electron chi connectivity index (χ0n) is 8.63. The molecule has 0 aliphatic carbocycles. The minimum absolute atomic E-state index is 0. The molecular formula is C10H16ClNO4. The number of rotatable bonds is 4. The van der Waals surface area contributed by atoms with Crippen molar-refractivity contribution in [2.75, 3.05) is 6.61 Å².